The van der Waals surface area contributed by atoms with Crippen LogP contribution in [-0.2, 0) is 17.9 Å². The second-order valence-corrected chi connectivity index (χ2v) is 7.30. The fourth-order valence-electron chi connectivity index (χ4n) is 3.44. The first kappa shape index (κ1) is 18.9. The molecule has 3 rings (SSSR count). The third-order valence-electron chi connectivity index (χ3n) is 5.37. The zero-order valence-corrected chi connectivity index (χ0v) is 16.8. The zero-order chi connectivity index (χ0) is 19.7. The summed E-state index contributed by atoms with van der Waals surface area (Å²) in [5.41, 5.74) is 9.07. The molecule has 0 radical (unpaired) electrons. The molecule has 0 saturated heterocycles. The predicted octanol–water partition coefficient (Wildman–Crippen LogP) is 4.51. The van der Waals surface area contributed by atoms with Gasteiger partial charge in [0.05, 0.1) is 17.6 Å². The summed E-state index contributed by atoms with van der Waals surface area (Å²) in [6.07, 6.45) is 0. The van der Waals surface area contributed by atoms with E-state index in [2.05, 4.69) is 56.3 Å². The van der Waals surface area contributed by atoms with Crippen LogP contribution in [-0.4, -0.2) is 15.5 Å². The molecule has 1 heterocycles. The molecule has 0 aliphatic heterocycles. The molecule has 0 bridgehead atoms. The van der Waals surface area contributed by atoms with Gasteiger partial charge < -0.3 is 9.88 Å². The van der Waals surface area contributed by atoms with E-state index in [4.69, 9.17) is 4.98 Å². The normalized spacial score (nSPS) is 11.0. The van der Waals surface area contributed by atoms with Crippen molar-refractivity contribution in [1.82, 2.24) is 14.9 Å². The Morgan fingerprint density at radius 3 is 2.37 bits per heavy atom. The van der Waals surface area contributed by atoms with Crippen LogP contribution in [0.5, 0.6) is 0 Å². The Bertz CT molecular complexity index is 1020. The third kappa shape index (κ3) is 3.65. The Morgan fingerprint density at radius 2 is 1.74 bits per heavy atom. The van der Waals surface area contributed by atoms with E-state index in [1.165, 1.54) is 27.8 Å². The van der Waals surface area contributed by atoms with E-state index in [1.807, 2.05) is 18.2 Å². The molecule has 0 atom stereocenters. The van der Waals surface area contributed by atoms with Crippen molar-refractivity contribution >= 4 is 16.9 Å². The summed E-state index contributed by atoms with van der Waals surface area (Å²) in [5, 5.41) is 2.92. The number of nitrogens with one attached hydrogen (secondary N) is 1. The van der Waals surface area contributed by atoms with Gasteiger partial charge in [-0.2, -0.15) is 0 Å². The average molecular weight is 361 g/mol. The largest absolute Gasteiger partial charge is 0.345 e. The molecule has 0 fully saturated rings. The SMILES string of the molecule is C=C(C)C(=O)NCc1nc2ccccc2n1Cc1c(C)c(C)cc(C)c1C. The van der Waals surface area contributed by atoms with E-state index in [1.54, 1.807) is 6.92 Å². The van der Waals surface area contributed by atoms with Gasteiger partial charge in [0.15, 0.2) is 0 Å². The molecule has 0 saturated carbocycles. The Morgan fingerprint density at radius 1 is 1.11 bits per heavy atom. The summed E-state index contributed by atoms with van der Waals surface area (Å²) in [6, 6.07) is 10.4. The first-order chi connectivity index (χ1) is 12.8. The first-order valence-electron chi connectivity index (χ1n) is 9.23. The molecule has 0 spiro atoms. The highest BCUT2D eigenvalue weighted by Gasteiger charge is 2.15. The van der Waals surface area contributed by atoms with Crippen molar-refractivity contribution in [3.05, 3.63) is 76.1 Å². The minimum absolute atomic E-state index is 0.146. The van der Waals surface area contributed by atoms with E-state index in [0.29, 0.717) is 12.1 Å². The second kappa shape index (κ2) is 7.39. The van der Waals surface area contributed by atoms with Crippen molar-refractivity contribution in [2.24, 2.45) is 0 Å². The van der Waals surface area contributed by atoms with Crippen molar-refractivity contribution in [3.63, 3.8) is 0 Å². The average Bonchev–Trinajstić information content (AvgIpc) is 2.99. The lowest BCUT2D eigenvalue weighted by molar-refractivity contribution is -0.117. The number of carbonyl (C=O) groups is 1. The molecule has 4 heteroatoms. The molecule has 1 amide bonds. The minimum Gasteiger partial charge on any atom is -0.345 e. The molecule has 0 aliphatic rings. The van der Waals surface area contributed by atoms with Crippen LogP contribution in [0.4, 0.5) is 0 Å². The summed E-state index contributed by atoms with van der Waals surface area (Å²) in [4.78, 5) is 16.7. The van der Waals surface area contributed by atoms with Crippen molar-refractivity contribution in [2.45, 2.75) is 47.7 Å². The predicted molar refractivity (Wildman–Crippen MR) is 111 cm³/mol. The number of hydrogen-bond donors (Lipinski definition) is 1. The number of amides is 1. The quantitative estimate of drug-likeness (QED) is 0.680. The number of carbonyl (C=O) groups excluding carboxylic acids is 1. The fraction of sp³-hybridized carbons (Fsp3) is 0.304. The van der Waals surface area contributed by atoms with Gasteiger partial charge in [0.25, 0.3) is 0 Å². The molecular formula is C23H27N3O. The van der Waals surface area contributed by atoms with Gasteiger partial charge in [-0.05, 0) is 74.6 Å². The van der Waals surface area contributed by atoms with Gasteiger partial charge in [-0.15, -0.1) is 0 Å². The Labute approximate surface area is 160 Å². The van der Waals surface area contributed by atoms with Crippen LogP contribution >= 0.6 is 0 Å². The molecule has 4 nitrogen and oxygen atoms in total. The molecule has 3 aromatic rings. The molecule has 1 aromatic heterocycles. The van der Waals surface area contributed by atoms with Crippen LogP contribution in [0.1, 0.15) is 40.6 Å². The van der Waals surface area contributed by atoms with Gasteiger partial charge in [-0.25, -0.2) is 4.98 Å². The summed E-state index contributed by atoms with van der Waals surface area (Å²) < 4.78 is 2.21. The lowest BCUT2D eigenvalue weighted by atomic mass is 9.94. The lowest BCUT2D eigenvalue weighted by Crippen LogP contribution is -2.25. The molecule has 0 unspecified atom stereocenters. The summed E-state index contributed by atoms with van der Waals surface area (Å²) >= 11 is 0. The van der Waals surface area contributed by atoms with E-state index in [9.17, 15) is 4.79 Å². The smallest absolute Gasteiger partial charge is 0.246 e. The van der Waals surface area contributed by atoms with Gasteiger partial charge in [0.2, 0.25) is 5.91 Å². The van der Waals surface area contributed by atoms with Gasteiger partial charge in [-0.1, -0.05) is 24.8 Å². The molecule has 2 aromatic carbocycles. The van der Waals surface area contributed by atoms with Gasteiger partial charge >= 0.3 is 0 Å². The van der Waals surface area contributed by atoms with E-state index in [0.717, 1.165) is 23.4 Å². The highest BCUT2D eigenvalue weighted by atomic mass is 16.1. The molecular weight excluding hydrogens is 334 g/mol. The Balaban J connectivity index is 2.07. The summed E-state index contributed by atoms with van der Waals surface area (Å²) in [7, 11) is 0. The first-order valence-corrected chi connectivity index (χ1v) is 9.23. The van der Waals surface area contributed by atoms with Crippen LogP contribution in [0.2, 0.25) is 0 Å². The molecule has 27 heavy (non-hydrogen) atoms. The minimum atomic E-state index is -0.146. The summed E-state index contributed by atoms with van der Waals surface area (Å²) in [5.74, 6) is 0.705. The van der Waals surface area contributed by atoms with Crippen LogP contribution in [0.3, 0.4) is 0 Å². The zero-order valence-electron chi connectivity index (χ0n) is 16.8. The number of rotatable bonds is 5. The van der Waals surface area contributed by atoms with Crippen LogP contribution in [0.15, 0.2) is 42.5 Å². The van der Waals surface area contributed by atoms with Crippen molar-refractivity contribution in [1.29, 1.82) is 0 Å². The number of hydrogen-bond acceptors (Lipinski definition) is 2. The Kier molecular flexibility index (Phi) is 5.17. The number of benzene rings is 2. The Hall–Kier alpha value is -2.88. The maximum atomic E-state index is 12.0. The van der Waals surface area contributed by atoms with Gasteiger partial charge in [0.1, 0.15) is 5.82 Å². The maximum absolute atomic E-state index is 12.0. The number of fused-ring (bicyclic) bond motifs is 1. The number of aryl methyl sites for hydroxylation is 2. The van der Waals surface area contributed by atoms with Crippen LogP contribution in [0.25, 0.3) is 11.0 Å². The molecule has 1 N–H and O–H groups in total. The standard InChI is InChI=1S/C23H27N3O/c1-14(2)23(27)24-12-22-25-20-9-7-8-10-21(20)26(22)13-19-17(5)15(3)11-16(4)18(19)6/h7-11H,1,12-13H2,2-6H3,(H,24,27). The monoisotopic (exact) mass is 361 g/mol. The number of aromatic nitrogens is 2. The lowest BCUT2D eigenvalue weighted by Gasteiger charge is -2.18. The fourth-order valence-corrected chi connectivity index (χ4v) is 3.44. The number of imidazole rings is 1. The van der Waals surface area contributed by atoms with Crippen molar-refractivity contribution in [3.8, 4) is 0 Å². The maximum Gasteiger partial charge on any atom is 0.246 e. The number of para-hydroxylation sites is 2. The highest BCUT2D eigenvalue weighted by Crippen LogP contribution is 2.25. The molecule has 0 aliphatic carbocycles. The van der Waals surface area contributed by atoms with E-state index in [-0.39, 0.29) is 5.91 Å². The van der Waals surface area contributed by atoms with Crippen LogP contribution in [0, 0.1) is 27.7 Å². The highest BCUT2D eigenvalue weighted by molar-refractivity contribution is 5.92. The summed E-state index contributed by atoms with van der Waals surface area (Å²) in [6.45, 7) is 15.2. The van der Waals surface area contributed by atoms with Gasteiger partial charge in [-0.3, -0.25) is 4.79 Å². The van der Waals surface area contributed by atoms with Crippen molar-refractivity contribution < 1.29 is 4.79 Å². The third-order valence-corrected chi connectivity index (χ3v) is 5.37. The molecule has 140 valence electrons. The van der Waals surface area contributed by atoms with Crippen LogP contribution < -0.4 is 5.32 Å². The van der Waals surface area contributed by atoms with Gasteiger partial charge in [0, 0.05) is 12.1 Å². The topological polar surface area (TPSA) is 46.9 Å². The van der Waals surface area contributed by atoms with E-state index >= 15 is 0 Å². The number of nitrogens with zero attached hydrogens (tertiary/aromatic N) is 2. The van der Waals surface area contributed by atoms with E-state index < -0.39 is 0 Å². The van der Waals surface area contributed by atoms with Crippen molar-refractivity contribution in [2.75, 3.05) is 0 Å². The second-order valence-electron chi connectivity index (χ2n) is 7.30.